The smallest absolute Gasteiger partial charge is 0.407 e. The number of hydrogen-bond acceptors (Lipinski definition) is 5. The molecule has 8 heteroatoms. The summed E-state index contributed by atoms with van der Waals surface area (Å²) in [6.45, 7) is 3.87. The Bertz CT molecular complexity index is 1010. The first kappa shape index (κ1) is 22.8. The van der Waals surface area contributed by atoms with Crippen molar-refractivity contribution in [2.24, 2.45) is 5.92 Å². The van der Waals surface area contributed by atoms with Gasteiger partial charge in [0.05, 0.1) is 6.04 Å². The normalized spacial score (nSPS) is 20.1. The number of fused-ring (bicyclic) bond motifs is 3. The third-order valence-electron chi connectivity index (χ3n) is 6.23. The number of aliphatic carboxylic acids is 1. The van der Waals surface area contributed by atoms with Gasteiger partial charge in [0.1, 0.15) is 12.6 Å². The summed E-state index contributed by atoms with van der Waals surface area (Å²) in [4.78, 5) is 36.6. The van der Waals surface area contributed by atoms with Gasteiger partial charge in [-0.3, -0.25) is 4.79 Å². The third kappa shape index (κ3) is 4.71. The molecule has 3 atom stereocenters. The van der Waals surface area contributed by atoms with Crippen LogP contribution in [0, 0.1) is 5.92 Å². The summed E-state index contributed by atoms with van der Waals surface area (Å²) < 4.78 is 11.0. The van der Waals surface area contributed by atoms with Gasteiger partial charge >= 0.3 is 12.1 Å². The second-order valence-electron chi connectivity index (χ2n) is 8.72. The van der Waals surface area contributed by atoms with E-state index in [9.17, 15) is 19.5 Å². The van der Waals surface area contributed by atoms with Crippen molar-refractivity contribution in [3.05, 3.63) is 59.7 Å². The zero-order valence-electron chi connectivity index (χ0n) is 18.6. The molecule has 0 spiro atoms. The van der Waals surface area contributed by atoms with Crippen LogP contribution in [0.1, 0.15) is 37.3 Å². The second kappa shape index (κ2) is 9.62. The van der Waals surface area contributed by atoms with Crippen molar-refractivity contribution in [3.8, 4) is 11.1 Å². The number of carboxylic acid groups (broad SMARTS) is 1. The van der Waals surface area contributed by atoms with E-state index in [1.165, 1.54) is 0 Å². The van der Waals surface area contributed by atoms with E-state index in [0.717, 1.165) is 22.3 Å². The summed E-state index contributed by atoms with van der Waals surface area (Å²) in [5.41, 5.74) is 4.50. The molecule has 0 aromatic heterocycles. The Morgan fingerprint density at radius 3 is 2.24 bits per heavy atom. The number of rotatable bonds is 7. The molecule has 1 aliphatic heterocycles. The van der Waals surface area contributed by atoms with Crippen LogP contribution in [0.4, 0.5) is 4.79 Å². The monoisotopic (exact) mass is 452 g/mol. The van der Waals surface area contributed by atoms with Crippen molar-refractivity contribution < 1.29 is 29.0 Å². The molecule has 1 aliphatic carbocycles. The molecule has 2 amide bonds. The van der Waals surface area contributed by atoms with E-state index in [0.29, 0.717) is 6.42 Å². The van der Waals surface area contributed by atoms with Gasteiger partial charge in [-0.25, -0.2) is 9.59 Å². The number of hydrogen-bond donors (Lipinski definition) is 3. The topological polar surface area (TPSA) is 114 Å². The highest BCUT2D eigenvalue weighted by atomic mass is 16.6. The number of carbonyl (C=O) groups excluding carboxylic acids is 2. The van der Waals surface area contributed by atoms with E-state index < -0.39 is 36.2 Å². The first-order valence-electron chi connectivity index (χ1n) is 11.1. The molecule has 1 saturated heterocycles. The lowest BCUT2D eigenvalue weighted by atomic mass is 9.98. The van der Waals surface area contributed by atoms with Gasteiger partial charge in [0, 0.05) is 12.5 Å². The fourth-order valence-electron chi connectivity index (χ4n) is 4.54. The van der Waals surface area contributed by atoms with E-state index in [4.69, 9.17) is 9.47 Å². The lowest BCUT2D eigenvalue weighted by Gasteiger charge is -2.23. The summed E-state index contributed by atoms with van der Waals surface area (Å²) in [7, 11) is 0. The molecule has 3 N–H and O–H groups in total. The number of carbonyl (C=O) groups is 3. The van der Waals surface area contributed by atoms with Crippen molar-refractivity contribution >= 4 is 18.0 Å². The Morgan fingerprint density at radius 1 is 1.06 bits per heavy atom. The minimum atomic E-state index is -1.11. The molecular formula is C25H28N2O6. The van der Waals surface area contributed by atoms with Crippen molar-refractivity contribution in [2.75, 3.05) is 13.2 Å². The predicted molar refractivity (Wildman–Crippen MR) is 121 cm³/mol. The van der Waals surface area contributed by atoms with Crippen LogP contribution in [-0.4, -0.2) is 54.5 Å². The summed E-state index contributed by atoms with van der Waals surface area (Å²) in [5, 5.41) is 14.5. The van der Waals surface area contributed by atoms with Gasteiger partial charge in [-0.2, -0.15) is 0 Å². The predicted octanol–water partition coefficient (Wildman–Crippen LogP) is 2.91. The third-order valence-corrected chi connectivity index (χ3v) is 6.23. The van der Waals surface area contributed by atoms with Gasteiger partial charge in [0.2, 0.25) is 0 Å². The van der Waals surface area contributed by atoms with Gasteiger partial charge in [0.15, 0.2) is 6.10 Å². The quantitative estimate of drug-likeness (QED) is 0.595. The zero-order valence-corrected chi connectivity index (χ0v) is 18.6. The van der Waals surface area contributed by atoms with Gasteiger partial charge in [-0.05, 0) is 34.6 Å². The molecule has 0 unspecified atom stereocenters. The van der Waals surface area contributed by atoms with Crippen LogP contribution in [0.5, 0.6) is 0 Å². The highest BCUT2D eigenvalue weighted by molar-refractivity contribution is 5.87. The number of benzene rings is 2. The Balaban J connectivity index is 1.37. The van der Waals surface area contributed by atoms with Crippen molar-refractivity contribution in [1.82, 2.24) is 10.6 Å². The van der Waals surface area contributed by atoms with Crippen molar-refractivity contribution in [3.63, 3.8) is 0 Å². The van der Waals surface area contributed by atoms with Gasteiger partial charge in [-0.15, -0.1) is 0 Å². The molecule has 4 rings (SSSR count). The minimum Gasteiger partial charge on any atom is -0.480 e. The molecule has 33 heavy (non-hydrogen) atoms. The van der Waals surface area contributed by atoms with E-state index in [1.807, 2.05) is 36.4 Å². The molecule has 2 aliphatic rings. The molecule has 174 valence electrons. The second-order valence-corrected chi connectivity index (χ2v) is 8.72. The van der Waals surface area contributed by atoms with E-state index >= 15 is 0 Å². The molecule has 0 bridgehead atoms. The Hall–Kier alpha value is -3.39. The Labute approximate surface area is 192 Å². The molecule has 2 aromatic rings. The van der Waals surface area contributed by atoms with Crippen LogP contribution in [0.3, 0.4) is 0 Å². The van der Waals surface area contributed by atoms with Crippen LogP contribution in [-0.2, 0) is 19.1 Å². The summed E-state index contributed by atoms with van der Waals surface area (Å²) >= 11 is 0. The van der Waals surface area contributed by atoms with E-state index in [1.54, 1.807) is 13.8 Å². The molecule has 1 heterocycles. The van der Waals surface area contributed by atoms with Gasteiger partial charge < -0.3 is 25.2 Å². The van der Waals surface area contributed by atoms with Crippen molar-refractivity contribution in [2.45, 2.75) is 44.4 Å². The van der Waals surface area contributed by atoms with Crippen LogP contribution in [0.25, 0.3) is 11.1 Å². The number of nitrogens with one attached hydrogen (secondary N) is 2. The first-order chi connectivity index (χ1) is 15.9. The maximum absolute atomic E-state index is 12.6. The first-order valence-corrected chi connectivity index (χ1v) is 11.1. The van der Waals surface area contributed by atoms with Gasteiger partial charge in [-0.1, -0.05) is 62.4 Å². The van der Waals surface area contributed by atoms with E-state index in [2.05, 4.69) is 22.8 Å². The van der Waals surface area contributed by atoms with E-state index in [-0.39, 0.29) is 25.0 Å². The number of alkyl carbamates (subject to hydrolysis) is 1. The molecule has 1 fully saturated rings. The molecule has 0 radical (unpaired) electrons. The van der Waals surface area contributed by atoms with Crippen LogP contribution >= 0.6 is 0 Å². The number of ether oxygens (including phenoxy) is 2. The molecular weight excluding hydrogens is 424 g/mol. The number of amides is 2. The van der Waals surface area contributed by atoms with Crippen LogP contribution < -0.4 is 10.6 Å². The lowest BCUT2D eigenvalue weighted by Crippen LogP contribution is -2.53. The number of carboxylic acids is 1. The maximum atomic E-state index is 12.6. The Kier molecular flexibility index (Phi) is 6.65. The van der Waals surface area contributed by atoms with Crippen LogP contribution in [0.2, 0.25) is 0 Å². The van der Waals surface area contributed by atoms with Crippen molar-refractivity contribution in [1.29, 1.82) is 0 Å². The van der Waals surface area contributed by atoms with Gasteiger partial charge in [0.25, 0.3) is 5.91 Å². The summed E-state index contributed by atoms with van der Waals surface area (Å²) in [5.74, 6) is -2.03. The summed E-state index contributed by atoms with van der Waals surface area (Å²) in [6.07, 6.45) is -1.17. The molecule has 8 nitrogen and oxygen atoms in total. The molecule has 2 aromatic carbocycles. The standard InChI is InChI=1S/C25H28N2O6/c1-14(2)21(24(29)30)27-23(28)22-20(11-12-32-22)26-25(31)33-13-19-17-9-5-3-7-15(17)16-8-4-6-10-18(16)19/h3-10,14,19-22H,11-13H2,1-2H3,(H,26,31)(H,27,28)(H,29,30)/t20-,21-,22+/m1/s1. The Morgan fingerprint density at radius 2 is 1.67 bits per heavy atom. The highest BCUT2D eigenvalue weighted by Crippen LogP contribution is 2.44. The average Bonchev–Trinajstić information content (AvgIpc) is 3.38. The largest absolute Gasteiger partial charge is 0.480 e. The fourth-order valence-corrected chi connectivity index (χ4v) is 4.54. The van der Waals surface area contributed by atoms with Crippen LogP contribution in [0.15, 0.2) is 48.5 Å². The summed E-state index contributed by atoms with van der Waals surface area (Å²) in [6, 6.07) is 14.5. The SMILES string of the molecule is CC(C)[C@@H](NC(=O)[C@H]1OCC[C@H]1NC(=O)OCC1c2ccccc2-c2ccccc21)C(=O)O. The lowest BCUT2D eigenvalue weighted by molar-refractivity contribution is -0.145. The fraction of sp³-hybridized carbons (Fsp3) is 0.400. The zero-order chi connectivity index (χ0) is 23.5. The molecule has 0 saturated carbocycles. The minimum absolute atomic E-state index is 0.0653. The highest BCUT2D eigenvalue weighted by Gasteiger charge is 2.38. The average molecular weight is 453 g/mol. The maximum Gasteiger partial charge on any atom is 0.407 e.